The van der Waals surface area contributed by atoms with Gasteiger partial charge in [-0.15, -0.1) is 0 Å². The van der Waals surface area contributed by atoms with Crippen LogP contribution >= 0.6 is 28.1 Å². The third-order valence-electron chi connectivity index (χ3n) is 4.59. The fourth-order valence-corrected chi connectivity index (χ4v) is 3.74. The van der Waals surface area contributed by atoms with Crippen LogP contribution in [0.3, 0.4) is 0 Å². The predicted molar refractivity (Wildman–Crippen MR) is 124 cm³/mol. The maximum absolute atomic E-state index is 13.2. The second kappa shape index (κ2) is 9.40. The summed E-state index contributed by atoms with van der Waals surface area (Å²) in [4.78, 5) is 27.1. The maximum atomic E-state index is 13.2. The number of amides is 2. The van der Waals surface area contributed by atoms with Gasteiger partial charge in [-0.25, -0.2) is 0 Å². The van der Waals surface area contributed by atoms with E-state index in [0.717, 1.165) is 12.0 Å². The molecule has 1 saturated heterocycles. The van der Waals surface area contributed by atoms with E-state index in [2.05, 4.69) is 28.2 Å². The first-order valence-corrected chi connectivity index (χ1v) is 10.6. The average molecular weight is 489 g/mol. The Labute approximate surface area is 189 Å². The monoisotopic (exact) mass is 488 g/mol. The highest BCUT2D eigenvalue weighted by Crippen LogP contribution is 2.35. The number of benzene rings is 2. The van der Waals surface area contributed by atoms with E-state index in [1.807, 2.05) is 31.2 Å². The molecule has 0 bridgehead atoms. The Morgan fingerprint density at radius 1 is 1.13 bits per heavy atom. The molecule has 6 nitrogen and oxygen atoms in total. The SMILES string of the molecule is CCOc1cc(C=C2C(=O)NC(=S)N(c3ccc(CC)cc3)C2=O)c(Br)cc1OC. The van der Waals surface area contributed by atoms with Crippen LogP contribution < -0.4 is 19.7 Å². The molecule has 3 rings (SSSR count). The van der Waals surface area contributed by atoms with Crippen molar-refractivity contribution in [3.63, 3.8) is 0 Å². The molecule has 1 N–H and O–H groups in total. The number of hydrogen-bond acceptors (Lipinski definition) is 5. The van der Waals surface area contributed by atoms with E-state index in [-0.39, 0.29) is 10.7 Å². The molecular formula is C22H21BrN2O4S. The number of thiocarbonyl (C=S) groups is 1. The molecule has 0 spiro atoms. The van der Waals surface area contributed by atoms with Gasteiger partial charge in [0.2, 0.25) is 0 Å². The molecule has 0 saturated carbocycles. The van der Waals surface area contributed by atoms with Crippen molar-refractivity contribution >= 4 is 56.8 Å². The number of hydrogen-bond donors (Lipinski definition) is 1. The molecule has 0 unspecified atom stereocenters. The van der Waals surface area contributed by atoms with Crippen molar-refractivity contribution in [2.45, 2.75) is 20.3 Å². The molecule has 30 heavy (non-hydrogen) atoms. The molecule has 0 atom stereocenters. The van der Waals surface area contributed by atoms with E-state index in [4.69, 9.17) is 21.7 Å². The third kappa shape index (κ3) is 4.39. The predicted octanol–water partition coefficient (Wildman–Crippen LogP) is 4.25. The molecule has 8 heteroatoms. The fraction of sp³-hybridized carbons (Fsp3) is 0.227. The summed E-state index contributed by atoms with van der Waals surface area (Å²) in [5, 5.41) is 2.65. The van der Waals surface area contributed by atoms with Crippen molar-refractivity contribution in [1.29, 1.82) is 0 Å². The minimum atomic E-state index is -0.549. The van der Waals surface area contributed by atoms with Crippen LogP contribution in [0.25, 0.3) is 6.08 Å². The molecule has 1 aliphatic rings. The van der Waals surface area contributed by atoms with Crippen LogP contribution in [-0.4, -0.2) is 30.6 Å². The second-order valence-electron chi connectivity index (χ2n) is 6.44. The molecular weight excluding hydrogens is 468 g/mol. The Bertz CT molecular complexity index is 1030. The third-order valence-corrected chi connectivity index (χ3v) is 5.56. The van der Waals surface area contributed by atoms with Gasteiger partial charge in [-0.3, -0.25) is 19.8 Å². The summed E-state index contributed by atoms with van der Waals surface area (Å²) < 4.78 is 11.6. The highest BCUT2D eigenvalue weighted by molar-refractivity contribution is 9.10. The van der Waals surface area contributed by atoms with Gasteiger partial charge in [0.15, 0.2) is 16.6 Å². The van der Waals surface area contributed by atoms with Crippen LogP contribution in [0.4, 0.5) is 5.69 Å². The van der Waals surface area contributed by atoms with Crippen LogP contribution in [0, 0.1) is 0 Å². The lowest BCUT2D eigenvalue weighted by atomic mass is 10.1. The minimum Gasteiger partial charge on any atom is -0.493 e. The lowest BCUT2D eigenvalue weighted by Gasteiger charge is -2.29. The molecule has 1 fully saturated rings. The van der Waals surface area contributed by atoms with Gasteiger partial charge in [0.25, 0.3) is 11.8 Å². The molecule has 1 aliphatic heterocycles. The number of rotatable bonds is 6. The fourth-order valence-electron chi connectivity index (χ4n) is 3.02. The van der Waals surface area contributed by atoms with Crippen LogP contribution in [-0.2, 0) is 16.0 Å². The van der Waals surface area contributed by atoms with Crippen LogP contribution in [0.1, 0.15) is 25.0 Å². The smallest absolute Gasteiger partial charge is 0.270 e. The zero-order chi connectivity index (χ0) is 21.8. The normalized spacial score (nSPS) is 15.4. The van der Waals surface area contributed by atoms with Crippen molar-refractivity contribution in [3.05, 3.63) is 57.6 Å². The lowest BCUT2D eigenvalue weighted by Crippen LogP contribution is -2.54. The Balaban J connectivity index is 2.03. The second-order valence-corrected chi connectivity index (χ2v) is 7.68. The van der Waals surface area contributed by atoms with Gasteiger partial charge in [0, 0.05) is 4.47 Å². The first kappa shape index (κ1) is 22.0. The van der Waals surface area contributed by atoms with E-state index in [9.17, 15) is 9.59 Å². The van der Waals surface area contributed by atoms with Gasteiger partial charge in [0.1, 0.15) is 5.57 Å². The number of nitrogens with one attached hydrogen (secondary N) is 1. The number of carbonyl (C=O) groups is 2. The average Bonchev–Trinajstić information content (AvgIpc) is 2.73. The van der Waals surface area contributed by atoms with Gasteiger partial charge in [-0.05, 0) is 67.0 Å². The molecule has 2 aromatic carbocycles. The highest BCUT2D eigenvalue weighted by atomic mass is 79.9. The van der Waals surface area contributed by atoms with Crippen LogP contribution in [0.15, 0.2) is 46.4 Å². The molecule has 0 aliphatic carbocycles. The number of nitrogens with zero attached hydrogens (tertiary/aromatic N) is 1. The highest BCUT2D eigenvalue weighted by Gasteiger charge is 2.34. The molecule has 0 radical (unpaired) electrons. The van der Waals surface area contributed by atoms with Crippen molar-refractivity contribution < 1.29 is 19.1 Å². The van der Waals surface area contributed by atoms with Crippen molar-refractivity contribution in [2.75, 3.05) is 18.6 Å². The van der Waals surface area contributed by atoms with Gasteiger partial charge in [-0.1, -0.05) is 35.0 Å². The van der Waals surface area contributed by atoms with E-state index < -0.39 is 11.8 Å². The number of aryl methyl sites for hydroxylation is 1. The van der Waals surface area contributed by atoms with Crippen molar-refractivity contribution in [3.8, 4) is 11.5 Å². The number of ether oxygens (including phenoxy) is 2. The standard InChI is InChI=1S/C22H21BrN2O4S/c1-4-13-6-8-15(9-7-13)25-21(27)16(20(26)24-22(25)30)10-14-11-19(29-5-2)18(28-3)12-17(14)23/h6-12H,4-5H2,1-3H3,(H,24,26,30). The first-order chi connectivity index (χ1) is 14.4. The zero-order valence-electron chi connectivity index (χ0n) is 16.8. The Hall–Kier alpha value is -2.71. The van der Waals surface area contributed by atoms with Crippen molar-refractivity contribution in [2.24, 2.45) is 0 Å². The summed E-state index contributed by atoms with van der Waals surface area (Å²) in [5.41, 5.74) is 2.31. The summed E-state index contributed by atoms with van der Waals surface area (Å²) >= 11 is 8.72. The molecule has 156 valence electrons. The zero-order valence-corrected chi connectivity index (χ0v) is 19.2. The topological polar surface area (TPSA) is 67.9 Å². The van der Waals surface area contributed by atoms with E-state index in [1.54, 1.807) is 19.2 Å². The van der Waals surface area contributed by atoms with E-state index in [0.29, 0.717) is 33.8 Å². The number of carbonyl (C=O) groups excluding carboxylic acids is 2. The molecule has 2 aromatic rings. The quantitative estimate of drug-likeness (QED) is 0.374. The van der Waals surface area contributed by atoms with Gasteiger partial charge >= 0.3 is 0 Å². The van der Waals surface area contributed by atoms with Crippen molar-refractivity contribution in [1.82, 2.24) is 5.32 Å². The van der Waals surface area contributed by atoms with Gasteiger partial charge in [0.05, 0.1) is 19.4 Å². The minimum absolute atomic E-state index is 0.0310. The van der Waals surface area contributed by atoms with E-state index in [1.165, 1.54) is 11.0 Å². The largest absolute Gasteiger partial charge is 0.493 e. The maximum Gasteiger partial charge on any atom is 0.270 e. The van der Waals surface area contributed by atoms with Crippen LogP contribution in [0.2, 0.25) is 0 Å². The molecule has 1 heterocycles. The Morgan fingerprint density at radius 2 is 1.83 bits per heavy atom. The Morgan fingerprint density at radius 3 is 2.43 bits per heavy atom. The summed E-state index contributed by atoms with van der Waals surface area (Å²) in [5.74, 6) is 0.0196. The number of methoxy groups -OCH3 is 1. The molecule has 0 aromatic heterocycles. The summed E-state index contributed by atoms with van der Waals surface area (Å²) in [6, 6.07) is 10.9. The lowest BCUT2D eigenvalue weighted by molar-refractivity contribution is -0.122. The molecule has 2 amide bonds. The summed E-state index contributed by atoms with van der Waals surface area (Å²) in [7, 11) is 1.54. The number of halogens is 1. The van der Waals surface area contributed by atoms with Crippen LogP contribution in [0.5, 0.6) is 11.5 Å². The van der Waals surface area contributed by atoms with Gasteiger partial charge in [-0.2, -0.15) is 0 Å². The van der Waals surface area contributed by atoms with Gasteiger partial charge < -0.3 is 9.47 Å². The van der Waals surface area contributed by atoms with E-state index >= 15 is 0 Å². The summed E-state index contributed by atoms with van der Waals surface area (Å²) in [6.07, 6.45) is 2.40. The first-order valence-electron chi connectivity index (χ1n) is 9.40. The Kier molecular flexibility index (Phi) is 6.89. The number of anilines is 1. The summed E-state index contributed by atoms with van der Waals surface area (Å²) in [6.45, 7) is 4.36.